The van der Waals surface area contributed by atoms with Gasteiger partial charge in [0.25, 0.3) is 0 Å². The molecule has 0 atom stereocenters. The van der Waals surface area contributed by atoms with Crippen molar-refractivity contribution < 1.29 is 0 Å². The highest BCUT2D eigenvalue weighted by atomic mass is 127. The monoisotopic (exact) mass is 445 g/mol. The van der Waals surface area contributed by atoms with Crippen LogP contribution in [0.3, 0.4) is 0 Å². The number of rotatable bonds is 7. The Morgan fingerprint density at radius 1 is 1.38 bits per heavy atom. The highest BCUT2D eigenvalue weighted by Gasteiger charge is 2.07. The van der Waals surface area contributed by atoms with E-state index >= 15 is 0 Å². The molecule has 1 N–H and O–H groups in total. The summed E-state index contributed by atoms with van der Waals surface area (Å²) >= 11 is 0. The smallest absolute Gasteiger partial charge is 0.193 e. The molecule has 0 aliphatic heterocycles. The van der Waals surface area contributed by atoms with Crippen molar-refractivity contribution >= 4 is 29.9 Å². The Bertz CT molecular complexity index is 632. The van der Waals surface area contributed by atoms with Crippen LogP contribution < -0.4 is 5.32 Å². The summed E-state index contributed by atoms with van der Waals surface area (Å²) in [6, 6.07) is 0. The van der Waals surface area contributed by atoms with Crippen molar-refractivity contribution in [2.75, 3.05) is 20.6 Å². The Kier molecular flexibility index (Phi) is 8.80. The molecule has 134 valence electrons. The van der Waals surface area contributed by atoms with Gasteiger partial charge in [0, 0.05) is 64.9 Å². The normalized spacial score (nSPS) is 11.2. The number of aryl methyl sites for hydroxylation is 3. The Labute approximate surface area is 161 Å². The van der Waals surface area contributed by atoms with Crippen molar-refractivity contribution in [3.05, 3.63) is 36.2 Å². The van der Waals surface area contributed by atoms with Gasteiger partial charge in [-0.05, 0) is 19.8 Å². The summed E-state index contributed by atoms with van der Waals surface area (Å²) < 4.78 is 4.00. The van der Waals surface area contributed by atoms with Crippen molar-refractivity contribution in [1.82, 2.24) is 29.5 Å². The van der Waals surface area contributed by atoms with E-state index in [-0.39, 0.29) is 24.0 Å². The largest absolute Gasteiger partial charge is 0.356 e. The van der Waals surface area contributed by atoms with Gasteiger partial charge in [-0.15, -0.1) is 24.0 Å². The second kappa shape index (κ2) is 10.3. The van der Waals surface area contributed by atoms with Crippen LogP contribution in [0.15, 0.2) is 29.8 Å². The Hall–Kier alpha value is -1.58. The van der Waals surface area contributed by atoms with Gasteiger partial charge in [0.1, 0.15) is 5.82 Å². The summed E-state index contributed by atoms with van der Waals surface area (Å²) in [7, 11) is 5.78. The van der Waals surface area contributed by atoms with Gasteiger partial charge in [-0.3, -0.25) is 9.67 Å². The molecule has 0 unspecified atom stereocenters. The maximum atomic E-state index is 4.34. The lowest BCUT2D eigenvalue weighted by Gasteiger charge is -2.21. The molecule has 0 saturated heterocycles. The molecule has 24 heavy (non-hydrogen) atoms. The first-order valence-electron chi connectivity index (χ1n) is 7.97. The fourth-order valence-electron chi connectivity index (χ4n) is 2.53. The summed E-state index contributed by atoms with van der Waals surface area (Å²) in [4.78, 5) is 10.7. The molecule has 2 aromatic rings. The average molecular weight is 445 g/mol. The van der Waals surface area contributed by atoms with Crippen LogP contribution in [0.5, 0.6) is 0 Å². The molecule has 8 heteroatoms. The van der Waals surface area contributed by atoms with E-state index < -0.39 is 0 Å². The highest BCUT2D eigenvalue weighted by Crippen LogP contribution is 2.02. The third-order valence-corrected chi connectivity index (χ3v) is 3.78. The summed E-state index contributed by atoms with van der Waals surface area (Å²) in [5, 5.41) is 7.61. The number of halogens is 1. The second-order valence-corrected chi connectivity index (χ2v) is 5.73. The molecule has 0 amide bonds. The second-order valence-electron chi connectivity index (χ2n) is 5.73. The predicted octanol–water partition coefficient (Wildman–Crippen LogP) is 2.03. The Balaban J connectivity index is 0.00000288. The molecule has 2 aromatic heterocycles. The lowest BCUT2D eigenvalue weighted by atomic mass is 10.3. The van der Waals surface area contributed by atoms with Crippen LogP contribution in [0.2, 0.25) is 0 Å². The Morgan fingerprint density at radius 3 is 2.75 bits per heavy atom. The van der Waals surface area contributed by atoms with E-state index in [0.717, 1.165) is 44.3 Å². The van der Waals surface area contributed by atoms with Crippen LogP contribution in [-0.2, 0) is 20.1 Å². The molecular weight excluding hydrogens is 417 g/mol. The van der Waals surface area contributed by atoms with Gasteiger partial charge in [0.05, 0.1) is 6.20 Å². The molecule has 0 aromatic carbocycles. The first-order chi connectivity index (χ1) is 11.1. The summed E-state index contributed by atoms with van der Waals surface area (Å²) in [5.74, 6) is 1.98. The molecule has 0 radical (unpaired) electrons. The van der Waals surface area contributed by atoms with Crippen LogP contribution in [0.1, 0.15) is 24.2 Å². The number of guanidine groups is 1. The van der Waals surface area contributed by atoms with E-state index in [1.54, 1.807) is 0 Å². The molecule has 0 aliphatic carbocycles. The van der Waals surface area contributed by atoms with Crippen LogP contribution >= 0.6 is 24.0 Å². The van der Waals surface area contributed by atoms with Crippen LogP contribution in [-0.4, -0.2) is 50.8 Å². The van der Waals surface area contributed by atoms with Crippen molar-refractivity contribution in [2.45, 2.75) is 32.9 Å². The molecule has 0 spiro atoms. The van der Waals surface area contributed by atoms with Crippen LogP contribution in [0, 0.1) is 6.92 Å². The van der Waals surface area contributed by atoms with E-state index in [1.165, 1.54) is 5.56 Å². The number of imidazole rings is 1. The van der Waals surface area contributed by atoms with Crippen LogP contribution in [0.25, 0.3) is 0 Å². The van der Waals surface area contributed by atoms with E-state index in [2.05, 4.69) is 29.9 Å². The summed E-state index contributed by atoms with van der Waals surface area (Å²) in [6.45, 7) is 4.75. The van der Waals surface area contributed by atoms with Crippen molar-refractivity contribution in [1.29, 1.82) is 0 Å². The topological polar surface area (TPSA) is 63.3 Å². The molecule has 2 rings (SSSR count). The fourth-order valence-corrected chi connectivity index (χ4v) is 2.53. The number of nitrogens with zero attached hydrogens (tertiary/aromatic N) is 6. The van der Waals surface area contributed by atoms with Crippen LogP contribution in [0.4, 0.5) is 0 Å². The lowest BCUT2D eigenvalue weighted by molar-refractivity contribution is 0.473. The quantitative estimate of drug-likeness (QED) is 0.307. The average Bonchev–Trinajstić information content (AvgIpc) is 3.11. The van der Waals surface area contributed by atoms with E-state index in [4.69, 9.17) is 0 Å². The molecule has 0 saturated carbocycles. The predicted molar refractivity (Wildman–Crippen MR) is 108 cm³/mol. The first kappa shape index (κ1) is 20.5. The molecular formula is C16H28IN7. The lowest BCUT2D eigenvalue weighted by Crippen LogP contribution is -2.38. The first-order valence-corrected chi connectivity index (χ1v) is 7.97. The minimum absolute atomic E-state index is 0. The Morgan fingerprint density at radius 2 is 2.17 bits per heavy atom. The minimum Gasteiger partial charge on any atom is -0.356 e. The number of aromatic nitrogens is 4. The van der Waals surface area contributed by atoms with Crippen molar-refractivity contribution in [3.63, 3.8) is 0 Å². The molecule has 7 nitrogen and oxygen atoms in total. The summed E-state index contributed by atoms with van der Waals surface area (Å²) in [6.07, 6.45) is 10.0. The van der Waals surface area contributed by atoms with Gasteiger partial charge in [-0.25, -0.2) is 4.98 Å². The highest BCUT2D eigenvalue weighted by molar-refractivity contribution is 14.0. The van der Waals surface area contributed by atoms with Gasteiger partial charge in [-0.1, -0.05) is 0 Å². The zero-order chi connectivity index (χ0) is 16.7. The third kappa shape index (κ3) is 6.14. The number of nitrogens with one attached hydrogen (secondary N) is 1. The molecule has 2 heterocycles. The van der Waals surface area contributed by atoms with Gasteiger partial charge in [-0.2, -0.15) is 5.10 Å². The van der Waals surface area contributed by atoms with E-state index in [1.807, 2.05) is 57.5 Å². The molecule has 0 bridgehead atoms. The minimum atomic E-state index is 0. The van der Waals surface area contributed by atoms with Crippen molar-refractivity contribution in [2.24, 2.45) is 12.0 Å². The zero-order valence-electron chi connectivity index (χ0n) is 14.9. The van der Waals surface area contributed by atoms with Gasteiger partial charge in [0.15, 0.2) is 5.96 Å². The van der Waals surface area contributed by atoms with E-state index in [9.17, 15) is 0 Å². The van der Waals surface area contributed by atoms with E-state index in [0.29, 0.717) is 0 Å². The van der Waals surface area contributed by atoms with Crippen molar-refractivity contribution in [3.8, 4) is 0 Å². The van der Waals surface area contributed by atoms with Gasteiger partial charge < -0.3 is 14.8 Å². The fraction of sp³-hybridized carbons (Fsp3) is 0.562. The van der Waals surface area contributed by atoms with Gasteiger partial charge >= 0.3 is 0 Å². The number of aliphatic imine (C=N–C) groups is 1. The number of hydrogen-bond donors (Lipinski definition) is 1. The molecule has 0 aliphatic rings. The number of unbranched alkanes of at least 4 members (excludes halogenated alkanes) is 1. The zero-order valence-corrected chi connectivity index (χ0v) is 17.3. The third-order valence-electron chi connectivity index (χ3n) is 3.78. The maximum Gasteiger partial charge on any atom is 0.193 e. The van der Waals surface area contributed by atoms with Gasteiger partial charge in [0.2, 0.25) is 0 Å². The number of hydrogen-bond acceptors (Lipinski definition) is 3. The molecule has 0 fully saturated rings. The SMILES string of the molecule is CN=C(NCCCCn1ccnc1C)N(C)Cc1cnn(C)c1.I. The standard InChI is InChI=1S/C16H27N7.HI/c1-14-18-8-10-23(14)9-6-5-7-19-16(17-2)21(3)12-15-11-20-22(4)13-15;/h8,10-11,13H,5-7,9,12H2,1-4H3,(H,17,19);1H. The summed E-state index contributed by atoms with van der Waals surface area (Å²) in [5.41, 5.74) is 1.17. The maximum absolute atomic E-state index is 4.34.